The first-order valence-corrected chi connectivity index (χ1v) is 13.7. The smallest absolute Gasteiger partial charge is 0.262 e. The van der Waals surface area contributed by atoms with Crippen LogP contribution in [0, 0.1) is 17.2 Å². The molecule has 2 aromatic rings. The number of aldehydes is 1. The zero-order valence-corrected chi connectivity index (χ0v) is 22.1. The molecule has 6 rings (SSSR count). The molecule has 1 spiro atoms. The number of imide groups is 1. The number of nitrogens with one attached hydrogen (secondary N) is 1. The van der Waals surface area contributed by atoms with E-state index in [1.165, 1.54) is 19.2 Å². The number of hydrogen-bond donors (Lipinski definition) is 1. The number of nitrogens with zero attached hydrogens (tertiary/aromatic N) is 3. The molecular weight excluding hydrogens is 499 g/mol. The summed E-state index contributed by atoms with van der Waals surface area (Å²) in [7, 11) is 1.46. The molecule has 3 heterocycles. The normalized spacial score (nSPS) is 20.9. The summed E-state index contributed by atoms with van der Waals surface area (Å²) in [5.74, 6) is -1.12. The number of likely N-dealkylation sites (N-methyl/N-ethyl adjacent to an activating group) is 1. The number of halogens is 1. The van der Waals surface area contributed by atoms with Crippen molar-refractivity contribution in [3.63, 3.8) is 0 Å². The molecule has 3 aliphatic heterocycles. The Morgan fingerprint density at radius 2 is 1.62 bits per heavy atom. The lowest BCUT2D eigenvalue weighted by Crippen LogP contribution is -2.72. The highest BCUT2D eigenvalue weighted by Gasteiger charge is 2.51. The van der Waals surface area contributed by atoms with Gasteiger partial charge in [-0.15, -0.1) is 0 Å². The van der Waals surface area contributed by atoms with Crippen LogP contribution in [0.5, 0.6) is 0 Å². The first-order chi connectivity index (χ1) is 18.8. The molecule has 4 aliphatic rings. The molecule has 1 unspecified atom stereocenters. The van der Waals surface area contributed by atoms with Crippen LogP contribution in [0.1, 0.15) is 50.2 Å². The lowest BCUT2D eigenvalue weighted by molar-refractivity contribution is -0.124. The van der Waals surface area contributed by atoms with Gasteiger partial charge in [0.05, 0.1) is 11.1 Å². The number of rotatable bonds is 9. The fraction of sp³-hybridized carbons (Fsp3) is 0.467. The maximum Gasteiger partial charge on any atom is 0.262 e. The molecule has 1 atom stereocenters. The first kappa shape index (κ1) is 25.8. The van der Waals surface area contributed by atoms with E-state index >= 15 is 0 Å². The average molecular weight is 533 g/mol. The third-order valence-corrected chi connectivity index (χ3v) is 8.75. The highest BCUT2D eigenvalue weighted by atomic mass is 19.1. The number of likely N-dealkylation sites (tertiary alicyclic amines) is 2. The standard InChI is InChI=1S/C30H33FN4O4/c1-32-27(37)26(3-2-8-36)35-28(38)24-11-21-9-20(10-22(21)12-25(24)29(35)39)14-34-17-30(18-34)15-33(16-30)13-19-4-6-23(31)7-5-19/h4-8,11-12,20,26H,2-3,9-10,13-18H2,1H3,(H,32,37). The van der Waals surface area contributed by atoms with Crippen LogP contribution in [0.4, 0.5) is 4.39 Å². The minimum absolute atomic E-state index is 0.0910. The van der Waals surface area contributed by atoms with Crippen molar-refractivity contribution >= 4 is 24.0 Å². The molecule has 1 aliphatic carbocycles. The molecule has 2 saturated heterocycles. The van der Waals surface area contributed by atoms with Gasteiger partial charge in [0.1, 0.15) is 18.1 Å². The van der Waals surface area contributed by atoms with E-state index in [1.807, 2.05) is 24.3 Å². The summed E-state index contributed by atoms with van der Waals surface area (Å²) >= 11 is 0. The third kappa shape index (κ3) is 4.67. The van der Waals surface area contributed by atoms with Crippen molar-refractivity contribution in [2.24, 2.45) is 11.3 Å². The second-order valence-electron chi connectivity index (χ2n) is 11.7. The summed E-state index contributed by atoms with van der Waals surface area (Å²) in [5, 5.41) is 2.51. The predicted molar refractivity (Wildman–Crippen MR) is 142 cm³/mol. The van der Waals surface area contributed by atoms with Gasteiger partial charge in [-0.3, -0.25) is 24.2 Å². The summed E-state index contributed by atoms with van der Waals surface area (Å²) in [5.41, 5.74) is 4.45. The zero-order valence-electron chi connectivity index (χ0n) is 22.1. The van der Waals surface area contributed by atoms with Crippen LogP contribution in [0.15, 0.2) is 36.4 Å². The molecule has 3 amide bonds. The van der Waals surface area contributed by atoms with Gasteiger partial charge in [0.15, 0.2) is 0 Å². The second-order valence-corrected chi connectivity index (χ2v) is 11.7. The van der Waals surface area contributed by atoms with E-state index in [-0.39, 0.29) is 18.7 Å². The number of carbonyl (C=O) groups is 4. The van der Waals surface area contributed by atoms with Crippen LogP contribution >= 0.6 is 0 Å². The highest BCUT2D eigenvalue weighted by Crippen LogP contribution is 2.42. The van der Waals surface area contributed by atoms with E-state index in [9.17, 15) is 23.6 Å². The second kappa shape index (κ2) is 9.95. The zero-order chi connectivity index (χ0) is 27.3. The predicted octanol–water partition coefficient (Wildman–Crippen LogP) is 2.05. The fourth-order valence-corrected chi connectivity index (χ4v) is 7.11. The third-order valence-electron chi connectivity index (χ3n) is 8.75. The average Bonchev–Trinajstić information content (AvgIpc) is 3.39. The maximum absolute atomic E-state index is 13.2. The molecule has 0 aromatic heterocycles. The lowest BCUT2D eigenvalue weighted by Gasteiger charge is -2.61. The molecule has 1 N–H and O–H groups in total. The van der Waals surface area contributed by atoms with E-state index in [0.717, 1.165) is 73.7 Å². The summed E-state index contributed by atoms with van der Waals surface area (Å²) in [6.45, 7) is 6.18. The van der Waals surface area contributed by atoms with Gasteiger partial charge < -0.3 is 15.0 Å². The summed E-state index contributed by atoms with van der Waals surface area (Å²) in [4.78, 5) is 55.7. The molecule has 9 heteroatoms. The van der Waals surface area contributed by atoms with Crippen molar-refractivity contribution in [2.45, 2.75) is 38.3 Å². The lowest BCUT2D eigenvalue weighted by atomic mass is 9.72. The molecule has 0 saturated carbocycles. The Labute approximate surface area is 227 Å². The van der Waals surface area contributed by atoms with E-state index in [4.69, 9.17) is 0 Å². The molecule has 204 valence electrons. The molecule has 2 aromatic carbocycles. The van der Waals surface area contributed by atoms with Crippen LogP contribution in [-0.2, 0) is 29.0 Å². The summed E-state index contributed by atoms with van der Waals surface area (Å²) in [6.07, 6.45) is 2.63. The van der Waals surface area contributed by atoms with E-state index in [1.54, 1.807) is 0 Å². The molecule has 0 bridgehead atoms. The van der Waals surface area contributed by atoms with Crippen molar-refractivity contribution in [3.05, 3.63) is 70.0 Å². The van der Waals surface area contributed by atoms with Gasteiger partial charge in [-0.05, 0) is 66.1 Å². The van der Waals surface area contributed by atoms with Gasteiger partial charge in [-0.25, -0.2) is 4.39 Å². The van der Waals surface area contributed by atoms with Crippen LogP contribution < -0.4 is 5.32 Å². The van der Waals surface area contributed by atoms with Crippen LogP contribution in [0.25, 0.3) is 0 Å². The fourth-order valence-electron chi connectivity index (χ4n) is 7.11. The number of carbonyl (C=O) groups excluding carboxylic acids is 4. The van der Waals surface area contributed by atoms with Crippen molar-refractivity contribution in [3.8, 4) is 0 Å². The Morgan fingerprint density at radius 3 is 2.18 bits per heavy atom. The maximum atomic E-state index is 13.2. The van der Waals surface area contributed by atoms with Gasteiger partial charge in [0.2, 0.25) is 5.91 Å². The molecular formula is C30H33FN4O4. The Bertz CT molecular complexity index is 1280. The Balaban J connectivity index is 1.03. The Morgan fingerprint density at radius 1 is 1.03 bits per heavy atom. The van der Waals surface area contributed by atoms with Crippen LogP contribution in [-0.4, -0.2) is 84.5 Å². The van der Waals surface area contributed by atoms with Gasteiger partial charge in [0, 0.05) is 58.2 Å². The first-order valence-electron chi connectivity index (χ1n) is 13.7. The van der Waals surface area contributed by atoms with Crippen molar-refractivity contribution in [1.29, 1.82) is 0 Å². The number of benzene rings is 2. The Kier molecular flexibility index (Phi) is 6.59. The highest BCUT2D eigenvalue weighted by molar-refractivity contribution is 6.23. The summed E-state index contributed by atoms with van der Waals surface area (Å²) in [6, 6.07) is 9.45. The molecule has 0 radical (unpaired) electrons. The van der Waals surface area contributed by atoms with Crippen LogP contribution in [0.3, 0.4) is 0 Å². The molecule has 8 nitrogen and oxygen atoms in total. The topological polar surface area (TPSA) is 90.0 Å². The van der Waals surface area contributed by atoms with Crippen LogP contribution in [0.2, 0.25) is 0 Å². The largest absolute Gasteiger partial charge is 0.357 e. The van der Waals surface area contributed by atoms with Gasteiger partial charge >= 0.3 is 0 Å². The van der Waals surface area contributed by atoms with Crippen molar-refractivity contribution < 1.29 is 23.6 Å². The minimum Gasteiger partial charge on any atom is -0.357 e. The number of hydrogen-bond acceptors (Lipinski definition) is 6. The monoisotopic (exact) mass is 532 g/mol. The number of amides is 3. The van der Waals surface area contributed by atoms with Gasteiger partial charge in [-0.1, -0.05) is 12.1 Å². The molecule has 2 fully saturated rings. The van der Waals surface area contributed by atoms with Gasteiger partial charge in [0.25, 0.3) is 11.8 Å². The van der Waals surface area contributed by atoms with E-state index in [0.29, 0.717) is 28.7 Å². The number of fused-ring (bicyclic) bond motifs is 2. The van der Waals surface area contributed by atoms with Crippen molar-refractivity contribution in [2.75, 3.05) is 39.8 Å². The summed E-state index contributed by atoms with van der Waals surface area (Å²) < 4.78 is 13.1. The SMILES string of the molecule is CNC(=O)C(CCC=O)N1C(=O)c2cc3c(cc2C1=O)CC(CN1CC2(CN(Cc4ccc(F)cc4)C2)C1)C3. The van der Waals surface area contributed by atoms with E-state index < -0.39 is 23.8 Å². The minimum atomic E-state index is -0.993. The Hall–Kier alpha value is -3.43. The van der Waals surface area contributed by atoms with Crippen molar-refractivity contribution in [1.82, 2.24) is 20.0 Å². The quantitative estimate of drug-likeness (QED) is 0.393. The van der Waals surface area contributed by atoms with E-state index in [2.05, 4.69) is 15.1 Å². The molecule has 39 heavy (non-hydrogen) atoms. The van der Waals surface area contributed by atoms with Gasteiger partial charge in [-0.2, -0.15) is 0 Å².